The van der Waals surface area contributed by atoms with Crippen molar-refractivity contribution in [3.8, 4) is 0 Å². The first-order valence-corrected chi connectivity index (χ1v) is 7.10. The summed E-state index contributed by atoms with van der Waals surface area (Å²) >= 11 is 0. The number of hydrogen-bond donors (Lipinski definition) is 1. The van der Waals surface area contributed by atoms with E-state index in [9.17, 15) is 14.7 Å². The van der Waals surface area contributed by atoms with Gasteiger partial charge in [0.15, 0.2) is 5.78 Å². The zero-order valence-electron chi connectivity index (χ0n) is 12.6. The summed E-state index contributed by atoms with van der Waals surface area (Å²) in [6, 6.07) is 13.1. The maximum Gasteiger partial charge on any atom is 0.165 e. The van der Waals surface area contributed by atoms with Crippen LogP contribution in [0.5, 0.6) is 0 Å². The molecule has 22 heavy (non-hydrogen) atoms. The molecule has 0 unspecified atom stereocenters. The maximum atomic E-state index is 12.1. The van der Waals surface area contributed by atoms with Gasteiger partial charge in [-0.3, -0.25) is 4.79 Å². The summed E-state index contributed by atoms with van der Waals surface area (Å²) in [5.74, 6) is -1.52. The zero-order chi connectivity index (χ0) is 16.1. The Morgan fingerprint density at radius 1 is 1.05 bits per heavy atom. The van der Waals surface area contributed by atoms with E-state index in [1.807, 2.05) is 26.0 Å². The van der Waals surface area contributed by atoms with Gasteiger partial charge in [-0.25, -0.2) is 0 Å². The molecule has 0 spiro atoms. The Labute approximate surface area is 129 Å². The second-order valence-electron chi connectivity index (χ2n) is 5.31. The molecule has 0 saturated heterocycles. The highest BCUT2D eigenvalue weighted by molar-refractivity contribution is 5.99. The molecule has 4 heteroatoms. The van der Waals surface area contributed by atoms with Gasteiger partial charge in [0.05, 0.1) is 12.0 Å². The molecule has 0 amide bonds. The Balaban J connectivity index is 2.12. The molecule has 1 N–H and O–H groups in total. The minimum absolute atomic E-state index is 0.154. The van der Waals surface area contributed by atoms with Crippen molar-refractivity contribution < 1.29 is 14.7 Å². The Morgan fingerprint density at radius 3 is 2.32 bits per heavy atom. The smallest absolute Gasteiger partial charge is 0.165 e. The van der Waals surface area contributed by atoms with Crippen molar-refractivity contribution in [1.82, 2.24) is 0 Å². The molecule has 0 aliphatic rings. The fraction of sp³-hybridized carbons (Fsp3) is 0.222. The molecular weight excluding hydrogens is 278 g/mol. The van der Waals surface area contributed by atoms with E-state index in [4.69, 9.17) is 0 Å². The molecule has 0 saturated carbocycles. The number of anilines is 1. The van der Waals surface area contributed by atoms with Gasteiger partial charge >= 0.3 is 0 Å². The van der Waals surface area contributed by atoms with Crippen molar-refractivity contribution in [2.45, 2.75) is 26.3 Å². The lowest BCUT2D eigenvalue weighted by Crippen LogP contribution is -2.42. The van der Waals surface area contributed by atoms with Gasteiger partial charge in [-0.1, -0.05) is 36.4 Å². The summed E-state index contributed by atoms with van der Waals surface area (Å²) in [5, 5.41) is 14.2. The van der Waals surface area contributed by atoms with Crippen molar-refractivity contribution in [2.75, 3.05) is 5.32 Å². The summed E-state index contributed by atoms with van der Waals surface area (Å²) in [7, 11) is 0. The Morgan fingerprint density at radius 2 is 1.73 bits per heavy atom. The molecule has 114 valence electrons. The minimum atomic E-state index is -1.29. The SMILES string of the molecule is Cc1ccc(N[C@H](CC(=O)c2ccccc2)C(=O)[O-])cc1C. The first-order chi connectivity index (χ1) is 10.5. The highest BCUT2D eigenvalue weighted by Crippen LogP contribution is 2.16. The monoisotopic (exact) mass is 296 g/mol. The number of aliphatic carboxylic acids is 1. The van der Waals surface area contributed by atoms with Crippen molar-refractivity contribution in [3.63, 3.8) is 0 Å². The van der Waals surface area contributed by atoms with Crippen LogP contribution in [0.25, 0.3) is 0 Å². The van der Waals surface area contributed by atoms with Gasteiger partial charge < -0.3 is 15.2 Å². The molecule has 0 aliphatic carbocycles. The number of aryl methyl sites for hydroxylation is 2. The van der Waals surface area contributed by atoms with E-state index < -0.39 is 12.0 Å². The van der Waals surface area contributed by atoms with Crippen LogP contribution in [0.4, 0.5) is 5.69 Å². The molecule has 0 heterocycles. The van der Waals surface area contributed by atoms with Crippen LogP contribution in [0.3, 0.4) is 0 Å². The second-order valence-corrected chi connectivity index (χ2v) is 5.31. The van der Waals surface area contributed by atoms with Crippen molar-refractivity contribution >= 4 is 17.4 Å². The van der Waals surface area contributed by atoms with E-state index in [-0.39, 0.29) is 12.2 Å². The summed E-state index contributed by atoms with van der Waals surface area (Å²) in [6.07, 6.45) is -0.154. The second kappa shape index (κ2) is 6.89. The quantitative estimate of drug-likeness (QED) is 0.829. The van der Waals surface area contributed by atoms with Gasteiger partial charge in [-0.15, -0.1) is 0 Å². The van der Waals surface area contributed by atoms with Gasteiger partial charge in [-0.05, 0) is 37.1 Å². The van der Waals surface area contributed by atoms with E-state index in [1.54, 1.807) is 36.4 Å². The number of ketones is 1. The molecule has 0 fully saturated rings. The van der Waals surface area contributed by atoms with E-state index in [2.05, 4.69) is 5.32 Å². The molecule has 2 rings (SSSR count). The lowest BCUT2D eigenvalue weighted by Gasteiger charge is -2.21. The predicted molar refractivity (Wildman–Crippen MR) is 83.7 cm³/mol. The zero-order valence-corrected chi connectivity index (χ0v) is 12.6. The lowest BCUT2D eigenvalue weighted by atomic mass is 10.0. The van der Waals surface area contributed by atoms with Crippen LogP contribution >= 0.6 is 0 Å². The molecule has 1 atom stereocenters. The van der Waals surface area contributed by atoms with Gasteiger partial charge in [0.2, 0.25) is 0 Å². The third-order valence-corrected chi connectivity index (χ3v) is 3.62. The average molecular weight is 296 g/mol. The summed E-state index contributed by atoms with van der Waals surface area (Å²) in [5.41, 5.74) is 3.33. The van der Waals surface area contributed by atoms with E-state index >= 15 is 0 Å². The fourth-order valence-corrected chi connectivity index (χ4v) is 2.15. The van der Waals surface area contributed by atoms with Gasteiger partial charge in [0.25, 0.3) is 0 Å². The summed E-state index contributed by atoms with van der Waals surface area (Å²) in [6.45, 7) is 3.93. The molecule has 0 aromatic heterocycles. The van der Waals surface area contributed by atoms with Crippen molar-refractivity contribution in [1.29, 1.82) is 0 Å². The first kappa shape index (κ1) is 15.8. The third-order valence-electron chi connectivity index (χ3n) is 3.62. The molecular formula is C18H18NO3-. The molecule has 0 bridgehead atoms. The normalized spacial score (nSPS) is 11.7. The summed E-state index contributed by atoms with van der Waals surface area (Å²) in [4.78, 5) is 23.4. The van der Waals surface area contributed by atoms with Crippen LogP contribution in [0.1, 0.15) is 27.9 Å². The van der Waals surface area contributed by atoms with Gasteiger partial charge in [-0.2, -0.15) is 0 Å². The largest absolute Gasteiger partial charge is 0.548 e. The van der Waals surface area contributed by atoms with Crippen molar-refractivity contribution in [3.05, 3.63) is 65.2 Å². The lowest BCUT2D eigenvalue weighted by molar-refractivity contribution is -0.306. The molecule has 2 aromatic rings. The number of carbonyl (C=O) groups excluding carboxylic acids is 2. The van der Waals surface area contributed by atoms with Crippen LogP contribution in [0.2, 0.25) is 0 Å². The topological polar surface area (TPSA) is 69.2 Å². The number of benzene rings is 2. The van der Waals surface area contributed by atoms with Crippen LogP contribution in [0, 0.1) is 13.8 Å². The number of hydrogen-bond acceptors (Lipinski definition) is 4. The highest BCUT2D eigenvalue weighted by Gasteiger charge is 2.16. The third kappa shape index (κ3) is 3.95. The highest BCUT2D eigenvalue weighted by atomic mass is 16.4. The number of carboxylic acid groups (broad SMARTS) is 1. The number of carbonyl (C=O) groups is 2. The van der Waals surface area contributed by atoms with E-state index in [0.717, 1.165) is 11.1 Å². The van der Waals surface area contributed by atoms with Crippen LogP contribution in [-0.4, -0.2) is 17.8 Å². The number of carboxylic acids is 1. The maximum absolute atomic E-state index is 12.1. The number of rotatable bonds is 6. The Bertz CT molecular complexity index is 680. The fourth-order valence-electron chi connectivity index (χ4n) is 2.15. The standard InChI is InChI=1S/C18H19NO3/c1-12-8-9-15(10-13(12)2)19-16(18(21)22)11-17(20)14-6-4-3-5-7-14/h3-10,16,19H,11H2,1-2H3,(H,21,22)/p-1/t16-/m1/s1. The van der Waals surface area contributed by atoms with Crippen molar-refractivity contribution in [2.24, 2.45) is 0 Å². The Kier molecular flexibility index (Phi) is 4.94. The first-order valence-electron chi connectivity index (χ1n) is 7.10. The van der Waals surface area contributed by atoms with Crippen LogP contribution in [0.15, 0.2) is 48.5 Å². The molecule has 0 radical (unpaired) electrons. The summed E-state index contributed by atoms with van der Waals surface area (Å²) < 4.78 is 0. The van der Waals surface area contributed by atoms with Crippen LogP contribution < -0.4 is 10.4 Å². The van der Waals surface area contributed by atoms with Crippen LogP contribution in [-0.2, 0) is 4.79 Å². The minimum Gasteiger partial charge on any atom is -0.548 e. The predicted octanol–water partition coefficient (Wildman–Crippen LogP) is 2.11. The number of nitrogens with one attached hydrogen (secondary N) is 1. The molecule has 2 aromatic carbocycles. The van der Waals surface area contributed by atoms with Gasteiger partial charge in [0, 0.05) is 17.7 Å². The van der Waals surface area contributed by atoms with E-state index in [1.165, 1.54) is 0 Å². The Hall–Kier alpha value is -2.62. The number of Topliss-reactive ketones (excluding diaryl/α,β-unsaturated/α-hetero) is 1. The van der Waals surface area contributed by atoms with Gasteiger partial charge in [0.1, 0.15) is 0 Å². The molecule has 0 aliphatic heterocycles. The van der Waals surface area contributed by atoms with E-state index in [0.29, 0.717) is 11.3 Å². The molecule has 4 nitrogen and oxygen atoms in total. The average Bonchev–Trinajstić information content (AvgIpc) is 2.51.